The summed E-state index contributed by atoms with van der Waals surface area (Å²) < 4.78 is 0. The van der Waals surface area contributed by atoms with Crippen molar-refractivity contribution in [3.05, 3.63) is 54.1 Å². The number of nitrogens with one attached hydrogen (secondary N) is 1. The molecule has 3 amide bonds. The van der Waals surface area contributed by atoms with Crippen LogP contribution in [0.5, 0.6) is 0 Å². The third-order valence-electron chi connectivity index (χ3n) is 4.45. The smallest absolute Gasteiger partial charge is 0.261 e. The van der Waals surface area contributed by atoms with E-state index in [0.717, 1.165) is 11.5 Å². The van der Waals surface area contributed by atoms with Crippen LogP contribution in [0.3, 0.4) is 0 Å². The van der Waals surface area contributed by atoms with Gasteiger partial charge < -0.3 is 5.32 Å². The van der Waals surface area contributed by atoms with Gasteiger partial charge in [0.25, 0.3) is 11.8 Å². The predicted octanol–water partition coefficient (Wildman–Crippen LogP) is 2.13. The first-order valence-corrected chi connectivity index (χ1v) is 8.44. The van der Waals surface area contributed by atoms with Crippen LogP contribution in [0.2, 0.25) is 0 Å². The molecule has 1 N–H and O–H groups in total. The SMILES string of the molecule is C#CCN(C)CCN1C(=O)c2cccc3cc(NC(=O)C=C)cc(c23)C1=O. The third-order valence-corrected chi connectivity index (χ3v) is 4.45. The minimum atomic E-state index is -0.382. The Morgan fingerprint density at radius 2 is 2.04 bits per heavy atom. The van der Waals surface area contributed by atoms with Crippen molar-refractivity contribution < 1.29 is 14.4 Å². The van der Waals surface area contributed by atoms with Crippen LogP contribution in [0.25, 0.3) is 10.8 Å². The van der Waals surface area contributed by atoms with E-state index in [0.29, 0.717) is 35.3 Å². The summed E-state index contributed by atoms with van der Waals surface area (Å²) in [5.74, 6) is 1.45. The van der Waals surface area contributed by atoms with E-state index in [1.807, 2.05) is 18.0 Å². The standard InChI is InChI=1S/C21H19N3O3/c1-4-9-23(3)10-11-24-20(26)16-8-6-7-14-12-15(22-18(25)5-2)13-17(19(14)16)21(24)27/h1,5-8,12-13H,2,9-11H2,3H3,(H,22,25). The minimum absolute atomic E-state index is 0.231. The number of benzene rings is 2. The molecule has 0 bridgehead atoms. The molecule has 0 radical (unpaired) electrons. The maximum absolute atomic E-state index is 13.0. The summed E-state index contributed by atoms with van der Waals surface area (Å²) >= 11 is 0. The van der Waals surface area contributed by atoms with Crippen molar-refractivity contribution in [2.75, 3.05) is 32.0 Å². The van der Waals surface area contributed by atoms with E-state index >= 15 is 0 Å². The minimum Gasteiger partial charge on any atom is -0.322 e. The molecule has 1 aliphatic heterocycles. The highest BCUT2D eigenvalue weighted by molar-refractivity contribution is 6.26. The van der Waals surface area contributed by atoms with Crippen molar-refractivity contribution in [3.63, 3.8) is 0 Å². The molecule has 0 atom stereocenters. The summed E-state index contributed by atoms with van der Waals surface area (Å²) in [5, 5.41) is 4.00. The normalized spacial score (nSPS) is 13.0. The lowest BCUT2D eigenvalue weighted by Crippen LogP contribution is -2.44. The number of likely N-dealkylation sites (N-methyl/N-ethyl adjacent to an activating group) is 1. The first kappa shape index (κ1) is 18.4. The topological polar surface area (TPSA) is 69.7 Å². The lowest BCUT2D eigenvalue weighted by molar-refractivity contribution is -0.111. The Balaban J connectivity index is 2.02. The number of nitrogens with zero attached hydrogens (tertiary/aromatic N) is 2. The lowest BCUT2D eigenvalue weighted by Gasteiger charge is -2.29. The van der Waals surface area contributed by atoms with Crippen molar-refractivity contribution in [2.45, 2.75) is 0 Å². The van der Waals surface area contributed by atoms with Crippen LogP contribution in [0.4, 0.5) is 5.69 Å². The highest BCUT2D eigenvalue weighted by Crippen LogP contribution is 2.32. The fraction of sp³-hybridized carbons (Fsp3) is 0.190. The van der Waals surface area contributed by atoms with Gasteiger partial charge in [-0.1, -0.05) is 24.6 Å². The highest BCUT2D eigenvalue weighted by atomic mass is 16.2. The van der Waals surface area contributed by atoms with Crippen LogP contribution >= 0.6 is 0 Å². The van der Waals surface area contributed by atoms with Crippen molar-refractivity contribution >= 4 is 34.2 Å². The van der Waals surface area contributed by atoms with E-state index in [2.05, 4.69) is 17.8 Å². The second-order valence-electron chi connectivity index (χ2n) is 6.32. The van der Waals surface area contributed by atoms with E-state index in [1.165, 1.54) is 4.90 Å². The molecule has 1 aliphatic rings. The molecule has 2 aromatic carbocycles. The second-order valence-corrected chi connectivity index (χ2v) is 6.32. The molecular formula is C21H19N3O3. The van der Waals surface area contributed by atoms with Gasteiger partial charge in [-0.3, -0.25) is 24.2 Å². The van der Waals surface area contributed by atoms with Gasteiger partial charge in [0.2, 0.25) is 5.91 Å². The highest BCUT2D eigenvalue weighted by Gasteiger charge is 2.33. The summed E-state index contributed by atoms with van der Waals surface area (Å²) in [4.78, 5) is 40.6. The van der Waals surface area contributed by atoms with Crippen molar-refractivity contribution in [1.29, 1.82) is 0 Å². The molecule has 1 heterocycles. The number of hydrogen-bond donors (Lipinski definition) is 1. The first-order valence-electron chi connectivity index (χ1n) is 8.44. The maximum atomic E-state index is 13.0. The fourth-order valence-electron chi connectivity index (χ4n) is 3.13. The molecule has 0 spiro atoms. The van der Waals surface area contributed by atoms with E-state index in [-0.39, 0.29) is 24.3 Å². The van der Waals surface area contributed by atoms with E-state index < -0.39 is 0 Å². The van der Waals surface area contributed by atoms with Crippen LogP contribution in [0.1, 0.15) is 20.7 Å². The Hall–Kier alpha value is -3.43. The molecule has 0 aliphatic carbocycles. The van der Waals surface area contributed by atoms with Gasteiger partial charge in [-0.25, -0.2) is 0 Å². The van der Waals surface area contributed by atoms with Crippen LogP contribution in [-0.4, -0.2) is 54.2 Å². The van der Waals surface area contributed by atoms with Gasteiger partial charge in [-0.2, -0.15) is 0 Å². The molecule has 6 heteroatoms. The number of rotatable bonds is 6. The molecule has 0 saturated heterocycles. The molecule has 0 saturated carbocycles. The van der Waals surface area contributed by atoms with Crippen molar-refractivity contribution in [1.82, 2.24) is 9.80 Å². The molecular weight excluding hydrogens is 342 g/mol. The van der Waals surface area contributed by atoms with Gasteiger partial charge in [0.05, 0.1) is 12.1 Å². The summed E-state index contributed by atoms with van der Waals surface area (Å²) in [7, 11) is 1.83. The molecule has 0 aromatic heterocycles. The third kappa shape index (κ3) is 3.46. The van der Waals surface area contributed by atoms with Crippen molar-refractivity contribution in [3.8, 4) is 12.3 Å². The zero-order valence-corrected chi connectivity index (χ0v) is 15.0. The fourth-order valence-corrected chi connectivity index (χ4v) is 3.13. The van der Waals surface area contributed by atoms with E-state index in [4.69, 9.17) is 6.42 Å². The zero-order chi connectivity index (χ0) is 19.6. The Morgan fingerprint density at radius 1 is 1.30 bits per heavy atom. The molecule has 2 aromatic rings. The lowest BCUT2D eigenvalue weighted by atomic mass is 9.93. The molecule has 136 valence electrons. The van der Waals surface area contributed by atoms with Crippen LogP contribution in [0.15, 0.2) is 43.0 Å². The number of hydrogen-bond acceptors (Lipinski definition) is 4. The Kier molecular flexibility index (Phi) is 5.06. The Morgan fingerprint density at radius 3 is 2.74 bits per heavy atom. The van der Waals surface area contributed by atoms with Gasteiger partial charge in [-0.05, 0) is 36.7 Å². The average Bonchev–Trinajstić information content (AvgIpc) is 2.65. The van der Waals surface area contributed by atoms with Gasteiger partial charge in [-0.15, -0.1) is 6.42 Å². The molecule has 0 fully saturated rings. The number of carbonyl (C=O) groups excluding carboxylic acids is 3. The molecule has 6 nitrogen and oxygen atoms in total. The van der Waals surface area contributed by atoms with Gasteiger partial charge >= 0.3 is 0 Å². The average molecular weight is 361 g/mol. The summed E-state index contributed by atoms with van der Waals surface area (Å²) in [6, 6.07) is 8.61. The predicted molar refractivity (Wildman–Crippen MR) is 104 cm³/mol. The Labute approximate surface area is 157 Å². The molecule has 3 rings (SSSR count). The van der Waals surface area contributed by atoms with Gasteiger partial charge in [0.15, 0.2) is 0 Å². The number of amides is 3. The van der Waals surface area contributed by atoms with Crippen LogP contribution in [0, 0.1) is 12.3 Å². The largest absolute Gasteiger partial charge is 0.322 e. The summed E-state index contributed by atoms with van der Waals surface area (Å²) in [6.07, 6.45) is 6.45. The van der Waals surface area contributed by atoms with Crippen LogP contribution in [-0.2, 0) is 4.79 Å². The summed E-state index contributed by atoms with van der Waals surface area (Å²) in [6.45, 7) is 4.56. The van der Waals surface area contributed by atoms with Gasteiger partial charge in [0, 0.05) is 29.7 Å². The van der Waals surface area contributed by atoms with Crippen molar-refractivity contribution in [2.24, 2.45) is 0 Å². The number of carbonyl (C=O) groups is 3. The first-order chi connectivity index (χ1) is 13.0. The number of terminal acetylenes is 1. The monoisotopic (exact) mass is 361 g/mol. The number of imide groups is 1. The quantitative estimate of drug-likeness (QED) is 0.486. The maximum Gasteiger partial charge on any atom is 0.261 e. The zero-order valence-electron chi connectivity index (χ0n) is 15.0. The van der Waals surface area contributed by atoms with E-state index in [9.17, 15) is 14.4 Å². The number of anilines is 1. The van der Waals surface area contributed by atoms with E-state index in [1.54, 1.807) is 24.3 Å². The second kappa shape index (κ2) is 7.44. The molecule has 27 heavy (non-hydrogen) atoms. The Bertz CT molecular complexity index is 1000. The van der Waals surface area contributed by atoms with Crippen LogP contribution < -0.4 is 5.32 Å². The molecule has 0 unspecified atom stereocenters. The summed E-state index contributed by atoms with van der Waals surface area (Å²) in [5.41, 5.74) is 1.34. The van der Waals surface area contributed by atoms with Gasteiger partial charge in [0.1, 0.15) is 0 Å².